The second-order valence-electron chi connectivity index (χ2n) is 6.53. The first kappa shape index (κ1) is 21.5. The van der Waals surface area contributed by atoms with Crippen molar-refractivity contribution in [3.05, 3.63) is 99.4 Å². The first-order valence-electron chi connectivity index (χ1n) is 9.12. The van der Waals surface area contributed by atoms with Gasteiger partial charge in [-0.15, -0.1) is 0 Å². The molecular weight excluding hydrogens is 460 g/mol. The first-order chi connectivity index (χ1) is 14.9. The Morgan fingerprint density at radius 1 is 1.00 bits per heavy atom. The molecule has 4 rings (SSSR count). The maximum absolute atomic E-state index is 14.1. The van der Waals surface area contributed by atoms with Crippen molar-refractivity contribution in [2.45, 2.75) is 6.61 Å². The van der Waals surface area contributed by atoms with Gasteiger partial charge in [0, 0.05) is 5.56 Å². The largest absolute Gasteiger partial charge is 0.489 e. The average Bonchev–Trinajstić information content (AvgIpc) is 3.02. The zero-order valence-corrected chi connectivity index (χ0v) is 18.2. The minimum absolute atomic E-state index is 0.00779. The van der Waals surface area contributed by atoms with Crippen LogP contribution in [0.4, 0.5) is 14.5 Å². The molecule has 1 fully saturated rings. The molecule has 1 aliphatic heterocycles. The smallest absolute Gasteiger partial charge is 0.270 e. The third kappa shape index (κ3) is 4.63. The maximum atomic E-state index is 14.1. The van der Waals surface area contributed by atoms with Crippen molar-refractivity contribution in [2.24, 2.45) is 0 Å². The Morgan fingerprint density at radius 2 is 1.71 bits per heavy atom. The van der Waals surface area contributed by atoms with Gasteiger partial charge in [-0.3, -0.25) is 9.69 Å². The van der Waals surface area contributed by atoms with E-state index in [2.05, 4.69) is 0 Å². The van der Waals surface area contributed by atoms with E-state index < -0.39 is 11.6 Å². The molecule has 1 aliphatic rings. The Labute approximate surface area is 192 Å². The molecule has 0 unspecified atom stereocenters. The van der Waals surface area contributed by atoms with Gasteiger partial charge in [-0.2, -0.15) is 0 Å². The fourth-order valence-corrected chi connectivity index (χ4v) is 4.45. The SMILES string of the molecule is O=C1/C(=C\c2ccc(OCc3c(F)cccc3Cl)cc2)SC(=S)N1c1ccccc1F. The molecule has 1 heterocycles. The molecule has 0 radical (unpaired) electrons. The van der Waals surface area contributed by atoms with Crippen molar-refractivity contribution in [2.75, 3.05) is 4.90 Å². The van der Waals surface area contributed by atoms with Crippen molar-refractivity contribution < 1.29 is 18.3 Å². The van der Waals surface area contributed by atoms with Crippen LogP contribution in [0.25, 0.3) is 6.08 Å². The fourth-order valence-electron chi connectivity index (χ4n) is 2.95. The molecule has 0 N–H and O–H groups in total. The van der Waals surface area contributed by atoms with Gasteiger partial charge in [0.2, 0.25) is 0 Å². The summed E-state index contributed by atoms with van der Waals surface area (Å²) in [6.45, 7) is -0.00779. The van der Waals surface area contributed by atoms with Crippen LogP contribution >= 0.6 is 35.6 Å². The molecule has 3 aromatic carbocycles. The topological polar surface area (TPSA) is 29.5 Å². The minimum Gasteiger partial charge on any atom is -0.489 e. The van der Waals surface area contributed by atoms with Gasteiger partial charge in [-0.25, -0.2) is 8.78 Å². The number of ether oxygens (including phenoxy) is 1. The van der Waals surface area contributed by atoms with Crippen molar-refractivity contribution >= 4 is 57.6 Å². The summed E-state index contributed by atoms with van der Waals surface area (Å²) in [7, 11) is 0. The summed E-state index contributed by atoms with van der Waals surface area (Å²) >= 11 is 12.4. The Bertz CT molecular complexity index is 1180. The molecule has 156 valence electrons. The second-order valence-corrected chi connectivity index (χ2v) is 8.61. The van der Waals surface area contributed by atoms with Crippen LogP contribution in [0.2, 0.25) is 5.02 Å². The van der Waals surface area contributed by atoms with Crippen LogP contribution in [-0.4, -0.2) is 10.2 Å². The van der Waals surface area contributed by atoms with Crippen LogP contribution in [0.5, 0.6) is 5.75 Å². The number of hydrogen-bond donors (Lipinski definition) is 0. The molecule has 31 heavy (non-hydrogen) atoms. The number of thioether (sulfide) groups is 1. The van der Waals surface area contributed by atoms with Crippen LogP contribution in [0, 0.1) is 11.6 Å². The predicted molar refractivity (Wildman–Crippen MR) is 124 cm³/mol. The van der Waals surface area contributed by atoms with Gasteiger partial charge in [0.05, 0.1) is 15.6 Å². The van der Waals surface area contributed by atoms with E-state index in [1.165, 1.54) is 29.2 Å². The number of halogens is 3. The molecular formula is C23H14ClF2NO2S2. The summed E-state index contributed by atoms with van der Waals surface area (Å²) < 4.78 is 33.8. The summed E-state index contributed by atoms with van der Waals surface area (Å²) in [5.74, 6) is -0.803. The minimum atomic E-state index is -0.517. The summed E-state index contributed by atoms with van der Waals surface area (Å²) in [6.07, 6.45) is 1.68. The molecule has 0 saturated carbocycles. The summed E-state index contributed by atoms with van der Waals surface area (Å²) in [4.78, 5) is 14.4. The van der Waals surface area contributed by atoms with E-state index in [1.54, 1.807) is 48.5 Å². The number of carbonyl (C=O) groups is 1. The van der Waals surface area contributed by atoms with Crippen molar-refractivity contribution in [3.8, 4) is 5.75 Å². The third-order valence-corrected chi connectivity index (χ3v) is 6.17. The molecule has 0 bridgehead atoms. The van der Waals surface area contributed by atoms with Crippen molar-refractivity contribution in [1.82, 2.24) is 0 Å². The normalized spacial score (nSPS) is 15.1. The maximum Gasteiger partial charge on any atom is 0.270 e. The van der Waals surface area contributed by atoms with E-state index in [4.69, 9.17) is 28.6 Å². The van der Waals surface area contributed by atoms with Crippen molar-refractivity contribution in [3.63, 3.8) is 0 Å². The van der Waals surface area contributed by atoms with Crippen molar-refractivity contribution in [1.29, 1.82) is 0 Å². The van der Waals surface area contributed by atoms with E-state index in [9.17, 15) is 13.6 Å². The van der Waals surface area contributed by atoms with E-state index in [1.807, 2.05) is 0 Å². The number of hydrogen-bond acceptors (Lipinski definition) is 4. The molecule has 0 aliphatic carbocycles. The molecule has 1 amide bonds. The van der Waals surface area contributed by atoms with Crippen LogP contribution in [0.1, 0.15) is 11.1 Å². The molecule has 1 saturated heterocycles. The molecule has 3 aromatic rings. The van der Waals surface area contributed by atoms with Gasteiger partial charge in [-0.05, 0) is 48.0 Å². The van der Waals surface area contributed by atoms with Gasteiger partial charge in [0.1, 0.15) is 24.0 Å². The highest BCUT2D eigenvalue weighted by Crippen LogP contribution is 2.37. The Kier molecular flexibility index (Phi) is 6.36. The van der Waals surface area contributed by atoms with Gasteiger partial charge in [0.25, 0.3) is 5.91 Å². The van der Waals surface area contributed by atoms with E-state index in [0.29, 0.717) is 15.7 Å². The van der Waals surface area contributed by atoms with Crippen LogP contribution in [0.15, 0.2) is 71.6 Å². The molecule has 8 heteroatoms. The van der Waals surface area contributed by atoms with Gasteiger partial charge < -0.3 is 4.74 Å². The Hall–Kier alpha value is -2.74. The number of rotatable bonds is 5. The van der Waals surface area contributed by atoms with Gasteiger partial charge in [0.15, 0.2) is 4.32 Å². The second kappa shape index (κ2) is 9.18. The number of carbonyl (C=O) groups excluding carboxylic acids is 1. The third-order valence-electron chi connectivity index (χ3n) is 4.51. The average molecular weight is 474 g/mol. The number of para-hydroxylation sites is 1. The molecule has 0 atom stereocenters. The summed E-state index contributed by atoms with van der Waals surface area (Å²) in [5.41, 5.74) is 1.15. The number of nitrogens with zero attached hydrogens (tertiary/aromatic N) is 1. The van der Waals surface area contributed by atoms with Crippen LogP contribution in [-0.2, 0) is 11.4 Å². The zero-order valence-electron chi connectivity index (χ0n) is 15.8. The lowest BCUT2D eigenvalue weighted by molar-refractivity contribution is -0.113. The quantitative estimate of drug-likeness (QED) is 0.308. The van der Waals surface area contributed by atoms with Crippen LogP contribution in [0.3, 0.4) is 0 Å². The first-order valence-corrected chi connectivity index (χ1v) is 10.7. The zero-order chi connectivity index (χ0) is 22.0. The Balaban J connectivity index is 1.48. The summed E-state index contributed by atoms with van der Waals surface area (Å²) in [5, 5.41) is 0.300. The van der Waals surface area contributed by atoms with Crippen LogP contribution < -0.4 is 9.64 Å². The fraction of sp³-hybridized carbons (Fsp3) is 0.0435. The Morgan fingerprint density at radius 3 is 2.42 bits per heavy atom. The molecule has 0 aromatic heterocycles. The van der Waals surface area contributed by atoms with E-state index in [0.717, 1.165) is 17.3 Å². The number of amides is 1. The lowest BCUT2D eigenvalue weighted by Crippen LogP contribution is -2.28. The standard InChI is InChI=1S/C23H14ClF2NO2S2/c24-17-4-3-6-18(25)16(17)13-29-15-10-8-14(9-11-15)12-21-22(28)27(23(30)31-21)20-7-2-1-5-19(20)26/h1-12H,13H2/b21-12+. The number of benzene rings is 3. The van der Waals surface area contributed by atoms with E-state index >= 15 is 0 Å². The van der Waals surface area contributed by atoms with Gasteiger partial charge in [-0.1, -0.05) is 65.9 Å². The number of thiocarbonyl (C=S) groups is 1. The van der Waals surface area contributed by atoms with Gasteiger partial charge >= 0.3 is 0 Å². The molecule has 3 nitrogen and oxygen atoms in total. The lowest BCUT2D eigenvalue weighted by atomic mass is 10.2. The monoisotopic (exact) mass is 473 g/mol. The highest BCUT2D eigenvalue weighted by Gasteiger charge is 2.34. The summed E-state index contributed by atoms with van der Waals surface area (Å²) in [6, 6.07) is 17.4. The number of anilines is 1. The lowest BCUT2D eigenvalue weighted by Gasteiger charge is -2.14. The van der Waals surface area contributed by atoms with E-state index in [-0.39, 0.29) is 28.1 Å². The highest BCUT2D eigenvalue weighted by molar-refractivity contribution is 8.27. The molecule has 0 spiro atoms. The predicted octanol–water partition coefficient (Wildman–Crippen LogP) is 6.60. The highest BCUT2D eigenvalue weighted by atomic mass is 35.5.